The first-order chi connectivity index (χ1) is 9.61. The van der Waals surface area contributed by atoms with Crippen molar-refractivity contribution in [3.8, 4) is 11.6 Å². The summed E-state index contributed by atoms with van der Waals surface area (Å²) in [6, 6.07) is 9.70. The predicted octanol–water partition coefficient (Wildman–Crippen LogP) is 2.51. The highest BCUT2D eigenvalue weighted by Gasteiger charge is 2.14. The van der Waals surface area contributed by atoms with Gasteiger partial charge >= 0.3 is 5.97 Å². The number of nitrogens with zero attached hydrogens (tertiary/aromatic N) is 1. The number of carbonyl (C=O) groups is 2. The lowest BCUT2D eigenvalue weighted by molar-refractivity contribution is 0.0732. The van der Waals surface area contributed by atoms with Crippen molar-refractivity contribution in [2.75, 3.05) is 7.11 Å². The van der Waals surface area contributed by atoms with Gasteiger partial charge in [0.25, 0.3) is 0 Å². The summed E-state index contributed by atoms with van der Waals surface area (Å²) in [5.74, 6) is -0.0957. The van der Waals surface area contributed by atoms with Crippen molar-refractivity contribution in [3.05, 3.63) is 53.7 Å². The predicted molar refractivity (Wildman–Crippen MR) is 72.2 cm³/mol. The van der Waals surface area contributed by atoms with E-state index in [1.54, 1.807) is 36.4 Å². The average Bonchev–Trinajstić information content (AvgIpc) is 2.47. The highest BCUT2D eigenvalue weighted by Crippen LogP contribution is 2.20. The van der Waals surface area contributed by atoms with E-state index in [0.29, 0.717) is 11.4 Å². The number of ether oxygens (including phenoxy) is 2. The fourth-order valence-electron chi connectivity index (χ4n) is 1.63. The Labute approximate surface area is 116 Å². The van der Waals surface area contributed by atoms with E-state index in [1.807, 2.05) is 0 Å². The van der Waals surface area contributed by atoms with Gasteiger partial charge in [-0.2, -0.15) is 0 Å². The van der Waals surface area contributed by atoms with Gasteiger partial charge in [-0.3, -0.25) is 4.79 Å². The quantitative estimate of drug-likeness (QED) is 0.485. The molecular formula is C15H13NO4. The number of pyridine rings is 1. The van der Waals surface area contributed by atoms with Gasteiger partial charge in [0, 0.05) is 12.3 Å². The van der Waals surface area contributed by atoms with Crippen LogP contribution < -0.4 is 9.47 Å². The first-order valence-electron chi connectivity index (χ1n) is 5.94. The molecule has 5 nitrogen and oxygen atoms in total. The Balaban J connectivity index is 2.21. The van der Waals surface area contributed by atoms with Gasteiger partial charge in [0.1, 0.15) is 5.75 Å². The number of rotatable bonds is 4. The number of hydrogen-bond acceptors (Lipinski definition) is 5. The van der Waals surface area contributed by atoms with E-state index in [9.17, 15) is 9.59 Å². The lowest BCUT2D eigenvalue weighted by Gasteiger charge is -2.07. The zero-order chi connectivity index (χ0) is 14.5. The second kappa shape index (κ2) is 5.97. The van der Waals surface area contributed by atoms with Crippen LogP contribution in [-0.4, -0.2) is 23.8 Å². The Morgan fingerprint density at radius 3 is 2.45 bits per heavy atom. The van der Waals surface area contributed by atoms with Crippen molar-refractivity contribution < 1.29 is 19.1 Å². The average molecular weight is 271 g/mol. The summed E-state index contributed by atoms with van der Waals surface area (Å²) in [5.41, 5.74) is 0.645. The maximum absolute atomic E-state index is 12.0. The van der Waals surface area contributed by atoms with Gasteiger partial charge in [-0.1, -0.05) is 12.1 Å². The first-order valence-corrected chi connectivity index (χ1v) is 5.94. The SMILES string of the molecule is COc1ccc(C(=O)Oc2ccccc2C(C)=O)cn1. The molecule has 0 saturated heterocycles. The molecule has 0 saturated carbocycles. The molecule has 0 fully saturated rings. The maximum atomic E-state index is 12.0. The van der Waals surface area contributed by atoms with Crippen molar-refractivity contribution >= 4 is 11.8 Å². The molecular weight excluding hydrogens is 258 g/mol. The number of carbonyl (C=O) groups excluding carboxylic acids is 2. The minimum absolute atomic E-state index is 0.166. The van der Waals surface area contributed by atoms with E-state index >= 15 is 0 Å². The molecule has 1 aromatic carbocycles. The number of para-hydroxylation sites is 1. The number of hydrogen-bond donors (Lipinski definition) is 0. The molecule has 2 rings (SSSR count). The van der Waals surface area contributed by atoms with E-state index in [4.69, 9.17) is 9.47 Å². The third-order valence-corrected chi connectivity index (χ3v) is 2.65. The highest BCUT2D eigenvalue weighted by molar-refractivity contribution is 5.98. The van der Waals surface area contributed by atoms with E-state index in [1.165, 1.54) is 20.2 Å². The van der Waals surface area contributed by atoms with Crippen LogP contribution in [0.3, 0.4) is 0 Å². The van der Waals surface area contributed by atoms with Crippen LogP contribution in [0.15, 0.2) is 42.6 Å². The number of aromatic nitrogens is 1. The number of methoxy groups -OCH3 is 1. The Morgan fingerprint density at radius 2 is 1.85 bits per heavy atom. The maximum Gasteiger partial charge on any atom is 0.345 e. The lowest BCUT2D eigenvalue weighted by atomic mass is 10.1. The molecule has 20 heavy (non-hydrogen) atoms. The van der Waals surface area contributed by atoms with Crippen molar-refractivity contribution in [1.82, 2.24) is 4.98 Å². The van der Waals surface area contributed by atoms with Crippen LogP contribution in [0.2, 0.25) is 0 Å². The normalized spacial score (nSPS) is 9.90. The minimum Gasteiger partial charge on any atom is -0.481 e. The second-order valence-electron chi connectivity index (χ2n) is 4.03. The number of benzene rings is 1. The molecule has 0 aliphatic rings. The van der Waals surface area contributed by atoms with E-state index in [0.717, 1.165) is 0 Å². The third kappa shape index (κ3) is 3.00. The van der Waals surface area contributed by atoms with E-state index in [-0.39, 0.29) is 17.1 Å². The summed E-state index contributed by atoms with van der Waals surface area (Å²) < 4.78 is 10.1. The van der Waals surface area contributed by atoms with Crippen LogP contribution in [0.1, 0.15) is 27.6 Å². The van der Waals surface area contributed by atoms with Crippen molar-refractivity contribution in [1.29, 1.82) is 0 Å². The van der Waals surface area contributed by atoms with Crippen LogP contribution in [0, 0.1) is 0 Å². The molecule has 0 radical (unpaired) electrons. The lowest BCUT2D eigenvalue weighted by Crippen LogP contribution is -2.11. The molecule has 0 unspecified atom stereocenters. The van der Waals surface area contributed by atoms with Crippen molar-refractivity contribution in [2.45, 2.75) is 6.92 Å². The smallest absolute Gasteiger partial charge is 0.345 e. The number of esters is 1. The first kappa shape index (κ1) is 13.7. The summed E-state index contributed by atoms with van der Waals surface area (Å²) in [7, 11) is 1.49. The molecule has 0 aliphatic carbocycles. The molecule has 0 spiro atoms. The van der Waals surface area contributed by atoms with Crippen LogP contribution in [0.25, 0.3) is 0 Å². The van der Waals surface area contributed by atoms with E-state index < -0.39 is 5.97 Å². The molecule has 5 heteroatoms. The van der Waals surface area contributed by atoms with Gasteiger partial charge in [-0.25, -0.2) is 9.78 Å². The molecule has 1 aromatic heterocycles. The number of Topliss-reactive ketones (excluding diaryl/α,β-unsaturated/α-hetero) is 1. The van der Waals surface area contributed by atoms with Gasteiger partial charge in [0.2, 0.25) is 5.88 Å². The Bertz CT molecular complexity index is 635. The molecule has 2 aromatic rings. The standard InChI is InChI=1S/C15H13NO4/c1-10(17)12-5-3-4-6-13(12)20-15(18)11-7-8-14(19-2)16-9-11/h3-9H,1-2H3. The molecule has 0 N–H and O–H groups in total. The van der Waals surface area contributed by atoms with Gasteiger partial charge in [-0.15, -0.1) is 0 Å². The molecule has 102 valence electrons. The molecule has 0 aliphatic heterocycles. The van der Waals surface area contributed by atoms with E-state index in [2.05, 4.69) is 4.98 Å². The van der Waals surface area contributed by atoms with Crippen molar-refractivity contribution in [3.63, 3.8) is 0 Å². The van der Waals surface area contributed by atoms with Crippen LogP contribution in [0.4, 0.5) is 0 Å². The Hall–Kier alpha value is -2.69. The largest absolute Gasteiger partial charge is 0.481 e. The zero-order valence-electron chi connectivity index (χ0n) is 11.1. The Morgan fingerprint density at radius 1 is 1.10 bits per heavy atom. The fourth-order valence-corrected chi connectivity index (χ4v) is 1.63. The van der Waals surface area contributed by atoms with Gasteiger partial charge < -0.3 is 9.47 Å². The van der Waals surface area contributed by atoms with Crippen molar-refractivity contribution in [2.24, 2.45) is 0 Å². The van der Waals surface area contributed by atoms with Crippen LogP contribution in [0.5, 0.6) is 11.6 Å². The highest BCUT2D eigenvalue weighted by atomic mass is 16.5. The Kier molecular flexibility index (Phi) is 4.10. The van der Waals surface area contributed by atoms with Crippen LogP contribution >= 0.6 is 0 Å². The second-order valence-corrected chi connectivity index (χ2v) is 4.03. The third-order valence-electron chi connectivity index (χ3n) is 2.65. The molecule has 1 heterocycles. The summed E-state index contributed by atoms with van der Waals surface area (Å²) in [6.45, 7) is 1.42. The summed E-state index contributed by atoms with van der Waals surface area (Å²) in [6.07, 6.45) is 1.36. The van der Waals surface area contributed by atoms with Crippen LogP contribution in [-0.2, 0) is 0 Å². The zero-order valence-corrected chi connectivity index (χ0v) is 11.1. The molecule has 0 atom stereocenters. The fraction of sp³-hybridized carbons (Fsp3) is 0.133. The topological polar surface area (TPSA) is 65.5 Å². The molecule has 0 bridgehead atoms. The van der Waals surface area contributed by atoms with Gasteiger partial charge in [0.05, 0.1) is 18.2 Å². The summed E-state index contributed by atoms with van der Waals surface area (Å²) >= 11 is 0. The van der Waals surface area contributed by atoms with Gasteiger partial charge in [-0.05, 0) is 25.1 Å². The number of ketones is 1. The summed E-state index contributed by atoms with van der Waals surface area (Å²) in [4.78, 5) is 27.3. The minimum atomic E-state index is -0.575. The monoisotopic (exact) mass is 271 g/mol. The molecule has 0 amide bonds. The summed E-state index contributed by atoms with van der Waals surface area (Å²) in [5, 5.41) is 0. The van der Waals surface area contributed by atoms with Gasteiger partial charge in [0.15, 0.2) is 5.78 Å².